The van der Waals surface area contributed by atoms with Crippen LogP contribution in [0.1, 0.15) is 19.4 Å². The third kappa shape index (κ3) is 3.81. The number of hydrogen-bond acceptors (Lipinski definition) is 4. The van der Waals surface area contributed by atoms with E-state index in [4.69, 9.17) is 4.74 Å². The molecule has 0 unspecified atom stereocenters. The lowest BCUT2D eigenvalue weighted by atomic mass is 10.2. The van der Waals surface area contributed by atoms with E-state index in [2.05, 4.69) is 41.9 Å². The number of H-pyrrole nitrogens is 1. The van der Waals surface area contributed by atoms with Crippen molar-refractivity contribution in [1.82, 2.24) is 9.66 Å². The maximum Gasteiger partial charge on any atom is 0.349 e. The average molecular weight is 481 g/mol. The van der Waals surface area contributed by atoms with Crippen LogP contribution in [0.4, 0.5) is 0 Å². The highest BCUT2D eigenvalue weighted by Crippen LogP contribution is 2.35. The number of nitrogens with one attached hydrogen (secondary N) is 1. The summed E-state index contributed by atoms with van der Waals surface area (Å²) >= 11 is 6.92. The van der Waals surface area contributed by atoms with E-state index in [1.54, 1.807) is 36.4 Å². The Kier molecular flexibility index (Phi) is 5.43. The van der Waals surface area contributed by atoms with Crippen molar-refractivity contribution in [3.05, 3.63) is 71.7 Å². The van der Waals surface area contributed by atoms with Crippen molar-refractivity contribution in [1.29, 1.82) is 0 Å². The molecule has 8 heteroatoms. The predicted molar refractivity (Wildman–Crippen MR) is 109 cm³/mol. The average Bonchev–Trinajstić information content (AvgIpc) is 2.58. The van der Waals surface area contributed by atoms with E-state index in [1.165, 1.54) is 6.21 Å². The van der Waals surface area contributed by atoms with Crippen LogP contribution in [-0.4, -0.2) is 22.0 Å². The summed E-state index contributed by atoms with van der Waals surface area (Å²) in [6.07, 6.45) is 1.47. The van der Waals surface area contributed by atoms with Gasteiger partial charge in [-0.25, -0.2) is 4.79 Å². The third-order valence-corrected chi connectivity index (χ3v) is 4.66. The second-order valence-electron chi connectivity index (χ2n) is 5.82. The SMILES string of the molecule is CC(C)Oc1c(Br)cc(C=Nn2c(=O)[nH]c3ccccc3c2=O)cc1Br. The Morgan fingerprint density at radius 2 is 1.81 bits per heavy atom. The van der Waals surface area contributed by atoms with Gasteiger partial charge in [-0.3, -0.25) is 4.79 Å². The fraction of sp³-hybridized carbons (Fsp3) is 0.167. The molecule has 6 nitrogen and oxygen atoms in total. The van der Waals surface area contributed by atoms with Crippen LogP contribution in [-0.2, 0) is 0 Å². The smallest absolute Gasteiger partial charge is 0.349 e. The minimum absolute atomic E-state index is 0.0249. The van der Waals surface area contributed by atoms with Crippen molar-refractivity contribution >= 4 is 49.0 Å². The van der Waals surface area contributed by atoms with Crippen LogP contribution in [0.2, 0.25) is 0 Å². The summed E-state index contributed by atoms with van der Waals surface area (Å²) < 4.78 is 8.02. The molecule has 26 heavy (non-hydrogen) atoms. The molecule has 3 rings (SSSR count). The molecule has 0 saturated heterocycles. The summed E-state index contributed by atoms with van der Waals surface area (Å²) in [6.45, 7) is 3.87. The first-order chi connectivity index (χ1) is 12.4. The topological polar surface area (TPSA) is 76.5 Å². The van der Waals surface area contributed by atoms with Crippen molar-refractivity contribution < 1.29 is 4.74 Å². The number of ether oxygens (including phenoxy) is 1. The Morgan fingerprint density at radius 1 is 1.15 bits per heavy atom. The van der Waals surface area contributed by atoms with Gasteiger partial charge in [0.25, 0.3) is 5.56 Å². The molecule has 0 aliphatic carbocycles. The number of rotatable bonds is 4. The van der Waals surface area contributed by atoms with E-state index >= 15 is 0 Å². The quantitative estimate of drug-likeness (QED) is 0.575. The molecule has 0 aliphatic rings. The number of hydrogen-bond donors (Lipinski definition) is 1. The highest BCUT2D eigenvalue weighted by atomic mass is 79.9. The zero-order chi connectivity index (χ0) is 18.8. The summed E-state index contributed by atoms with van der Waals surface area (Å²) in [4.78, 5) is 27.3. The minimum atomic E-state index is -0.595. The van der Waals surface area contributed by atoms with Gasteiger partial charge in [0.2, 0.25) is 0 Å². The maximum atomic E-state index is 12.5. The van der Waals surface area contributed by atoms with Gasteiger partial charge in [0.05, 0.1) is 32.2 Å². The number of aromatic amines is 1. The number of aromatic nitrogens is 2. The molecule has 1 N–H and O–H groups in total. The fourth-order valence-electron chi connectivity index (χ4n) is 2.38. The molecule has 0 bridgehead atoms. The first-order valence-electron chi connectivity index (χ1n) is 7.81. The summed E-state index contributed by atoms with van der Waals surface area (Å²) in [5.41, 5.74) is 0.107. The molecule has 1 heterocycles. The molecule has 0 amide bonds. The molecule has 0 spiro atoms. The van der Waals surface area contributed by atoms with Gasteiger partial charge in [0, 0.05) is 0 Å². The lowest BCUT2D eigenvalue weighted by Crippen LogP contribution is -2.32. The first-order valence-corrected chi connectivity index (χ1v) is 9.39. The van der Waals surface area contributed by atoms with Gasteiger partial charge in [0.15, 0.2) is 0 Å². The van der Waals surface area contributed by atoms with Crippen LogP contribution < -0.4 is 16.0 Å². The van der Waals surface area contributed by atoms with Crippen LogP contribution in [0.3, 0.4) is 0 Å². The van der Waals surface area contributed by atoms with Crippen LogP contribution >= 0.6 is 31.9 Å². The second-order valence-corrected chi connectivity index (χ2v) is 7.53. The lowest BCUT2D eigenvalue weighted by molar-refractivity contribution is 0.239. The van der Waals surface area contributed by atoms with E-state index in [-0.39, 0.29) is 6.10 Å². The molecule has 1 aromatic heterocycles. The van der Waals surface area contributed by atoms with Gasteiger partial charge in [-0.05, 0) is 75.5 Å². The maximum absolute atomic E-state index is 12.5. The first kappa shape index (κ1) is 18.6. The lowest BCUT2D eigenvalue weighted by Gasteiger charge is -2.13. The number of fused-ring (bicyclic) bond motifs is 1. The zero-order valence-corrected chi connectivity index (χ0v) is 17.2. The van der Waals surface area contributed by atoms with Crippen molar-refractivity contribution in [2.75, 3.05) is 0 Å². The van der Waals surface area contributed by atoms with E-state index < -0.39 is 11.2 Å². The van der Waals surface area contributed by atoms with Crippen molar-refractivity contribution in [2.24, 2.45) is 5.10 Å². The molecule has 2 aromatic carbocycles. The Hall–Kier alpha value is -2.19. The van der Waals surface area contributed by atoms with E-state index in [9.17, 15) is 9.59 Å². The number of para-hydroxylation sites is 1. The molecule has 0 radical (unpaired) electrons. The monoisotopic (exact) mass is 479 g/mol. The van der Waals surface area contributed by atoms with Crippen LogP contribution in [0.5, 0.6) is 5.75 Å². The number of halogens is 2. The van der Waals surface area contributed by atoms with Gasteiger partial charge in [-0.15, -0.1) is 4.68 Å². The van der Waals surface area contributed by atoms with Crippen LogP contribution in [0.25, 0.3) is 10.9 Å². The molecular formula is C18H15Br2N3O3. The minimum Gasteiger partial charge on any atom is -0.489 e. The molecule has 3 aromatic rings. The Bertz CT molecular complexity index is 1090. The largest absolute Gasteiger partial charge is 0.489 e. The Labute approximate surface area is 165 Å². The van der Waals surface area contributed by atoms with Crippen molar-refractivity contribution in [3.63, 3.8) is 0 Å². The summed E-state index contributed by atoms with van der Waals surface area (Å²) in [7, 11) is 0. The number of benzene rings is 2. The standard InChI is InChI=1S/C18H15Br2N3O3/c1-10(2)26-16-13(19)7-11(8-14(16)20)9-21-23-17(24)12-5-3-4-6-15(12)22-18(23)25/h3-10H,1-2H3,(H,22,25). The molecule has 0 fully saturated rings. The molecule has 134 valence electrons. The Morgan fingerprint density at radius 3 is 2.46 bits per heavy atom. The highest BCUT2D eigenvalue weighted by Gasteiger charge is 2.10. The number of nitrogens with zero attached hydrogens (tertiary/aromatic N) is 2. The highest BCUT2D eigenvalue weighted by molar-refractivity contribution is 9.11. The van der Waals surface area contributed by atoms with Crippen molar-refractivity contribution in [2.45, 2.75) is 20.0 Å². The summed E-state index contributed by atoms with van der Waals surface area (Å²) in [5, 5.41) is 4.45. The van der Waals surface area contributed by atoms with Gasteiger partial charge in [-0.2, -0.15) is 5.10 Å². The third-order valence-electron chi connectivity index (χ3n) is 3.48. The summed E-state index contributed by atoms with van der Waals surface area (Å²) in [6, 6.07) is 10.4. The van der Waals surface area contributed by atoms with E-state index in [0.29, 0.717) is 22.2 Å². The normalized spacial score (nSPS) is 11.6. The van der Waals surface area contributed by atoms with Gasteiger partial charge >= 0.3 is 5.69 Å². The van der Waals surface area contributed by atoms with Gasteiger partial charge < -0.3 is 9.72 Å². The second kappa shape index (κ2) is 7.59. The Balaban J connectivity index is 2.02. The molecule has 0 saturated carbocycles. The fourth-order valence-corrected chi connectivity index (χ4v) is 3.79. The van der Waals surface area contributed by atoms with Crippen LogP contribution in [0.15, 0.2) is 60.0 Å². The van der Waals surface area contributed by atoms with Crippen molar-refractivity contribution in [3.8, 4) is 5.75 Å². The van der Waals surface area contributed by atoms with Crippen LogP contribution in [0, 0.1) is 0 Å². The molecule has 0 aliphatic heterocycles. The molecule has 0 atom stereocenters. The summed E-state index contributed by atoms with van der Waals surface area (Å²) in [5.74, 6) is 0.679. The van der Waals surface area contributed by atoms with E-state index in [1.807, 2.05) is 13.8 Å². The van der Waals surface area contributed by atoms with Gasteiger partial charge in [-0.1, -0.05) is 12.1 Å². The molecular weight excluding hydrogens is 466 g/mol. The predicted octanol–water partition coefficient (Wildman–Crippen LogP) is 3.88. The van der Waals surface area contributed by atoms with E-state index in [0.717, 1.165) is 13.6 Å². The van der Waals surface area contributed by atoms with Gasteiger partial charge in [0.1, 0.15) is 5.75 Å². The zero-order valence-electron chi connectivity index (χ0n) is 14.0.